The number of benzene rings is 5. The molecular weight excluding hydrogens is 446 g/mol. The number of hydrogen-bond donors (Lipinski definition) is 0. The first-order chi connectivity index (χ1) is 18.3. The Balaban J connectivity index is 1.63. The van der Waals surface area contributed by atoms with E-state index in [1.54, 1.807) is 0 Å². The van der Waals surface area contributed by atoms with Gasteiger partial charge in [0, 0.05) is 11.8 Å². The van der Waals surface area contributed by atoms with E-state index in [9.17, 15) is 0 Å². The smallest absolute Gasteiger partial charge is 0.0740 e. The molecule has 1 heteroatoms. The zero-order chi connectivity index (χ0) is 24.8. The summed E-state index contributed by atoms with van der Waals surface area (Å²) < 4.78 is 0. The quantitative estimate of drug-likeness (QED) is 0.233. The standard InChI is InChI=1S/C36H27N/c1-24-16-18-30-32(22-24)34(26-11-4-2-5-12-26)31-19-17-28(23-33(31)35(30)27-13-6-3-7-14-27)36-29-15-9-8-10-25(29)20-21-37-36/h2-8,10-14,16-23H,9,15H2,1H3. The van der Waals surface area contributed by atoms with Crippen LogP contribution in [0.5, 0.6) is 0 Å². The molecule has 0 saturated heterocycles. The zero-order valence-corrected chi connectivity index (χ0v) is 20.9. The summed E-state index contributed by atoms with van der Waals surface area (Å²) in [6.07, 6.45) is 8.55. The molecule has 0 saturated carbocycles. The predicted octanol–water partition coefficient (Wildman–Crippen LogP) is 9.66. The van der Waals surface area contributed by atoms with E-state index in [4.69, 9.17) is 4.98 Å². The van der Waals surface area contributed by atoms with E-state index in [1.807, 2.05) is 6.20 Å². The summed E-state index contributed by atoms with van der Waals surface area (Å²) in [7, 11) is 0. The van der Waals surface area contributed by atoms with Crippen LogP contribution in [0, 0.1) is 6.92 Å². The normalized spacial score (nSPS) is 12.7. The first-order valence-electron chi connectivity index (χ1n) is 13.0. The molecule has 0 amide bonds. The summed E-state index contributed by atoms with van der Waals surface area (Å²) in [5, 5.41) is 5.12. The third-order valence-electron chi connectivity index (χ3n) is 7.62. The van der Waals surface area contributed by atoms with Crippen molar-refractivity contribution < 1.29 is 0 Å². The van der Waals surface area contributed by atoms with Gasteiger partial charge in [-0.25, -0.2) is 0 Å². The molecule has 0 radical (unpaired) electrons. The van der Waals surface area contributed by atoms with Gasteiger partial charge in [0.25, 0.3) is 0 Å². The topological polar surface area (TPSA) is 12.9 Å². The lowest BCUT2D eigenvalue weighted by molar-refractivity contribution is 0.975. The van der Waals surface area contributed by atoms with E-state index in [-0.39, 0.29) is 0 Å². The van der Waals surface area contributed by atoms with Crippen LogP contribution in [0.15, 0.2) is 115 Å². The van der Waals surface area contributed by atoms with Crippen LogP contribution in [0.25, 0.3) is 61.1 Å². The molecule has 176 valence electrons. The second kappa shape index (κ2) is 8.87. The average Bonchev–Trinajstić information content (AvgIpc) is 2.96. The second-order valence-corrected chi connectivity index (χ2v) is 9.96. The van der Waals surface area contributed by atoms with Crippen molar-refractivity contribution in [1.29, 1.82) is 0 Å². The molecule has 0 fully saturated rings. The number of aryl methyl sites for hydroxylation is 1. The van der Waals surface area contributed by atoms with Crippen LogP contribution in [-0.2, 0) is 6.42 Å². The van der Waals surface area contributed by atoms with E-state index in [0.717, 1.165) is 18.5 Å². The molecule has 1 heterocycles. The SMILES string of the molecule is Cc1ccc2c(-c3ccccc3)c3cc(-c4nccc5c4CCC=C5)ccc3c(-c3ccccc3)c2c1. The molecule has 7 rings (SSSR count). The predicted molar refractivity (Wildman–Crippen MR) is 158 cm³/mol. The van der Waals surface area contributed by atoms with Crippen molar-refractivity contribution in [3.63, 3.8) is 0 Å². The maximum absolute atomic E-state index is 4.89. The van der Waals surface area contributed by atoms with Crippen LogP contribution < -0.4 is 0 Å². The Hall–Kier alpha value is -4.49. The molecule has 5 aromatic carbocycles. The molecule has 1 nitrogen and oxygen atoms in total. The highest BCUT2D eigenvalue weighted by Crippen LogP contribution is 2.45. The Morgan fingerprint density at radius 1 is 0.595 bits per heavy atom. The van der Waals surface area contributed by atoms with Gasteiger partial charge in [0.15, 0.2) is 0 Å². The number of allylic oxidation sites excluding steroid dienone is 1. The molecule has 0 unspecified atom stereocenters. The minimum atomic E-state index is 1.03. The lowest BCUT2D eigenvalue weighted by Gasteiger charge is -2.20. The van der Waals surface area contributed by atoms with Crippen molar-refractivity contribution in [2.75, 3.05) is 0 Å². The average molecular weight is 474 g/mol. The van der Waals surface area contributed by atoms with Crippen molar-refractivity contribution in [3.05, 3.63) is 132 Å². The number of rotatable bonds is 3. The summed E-state index contributed by atoms with van der Waals surface area (Å²) in [4.78, 5) is 4.89. The maximum atomic E-state index is 4.89. The lowest BCUT2D eigenvalue weighted by atomic mass is 9.84. The summed E-state index contributed by atoms with van der Waals surface area (Å²) in [6, 6.07) is 37.6. The fourth-order valence-electron chi connectivity index (χ4n) is 5.93. The molecule has 0 atom stereocenters. The number of hydrogen-bond acceptors (Lipinski definition) is 1. The number of aromatic nitrogens is 1. The molecule has 0 aliphatic heterocycles. The van der Waals surface area contributed by atoms with Crippen molar-refractivity contribution in [2.24, 2.45) is 0 Å². The van der Waals surface area contributed by atoms with Gasteiger partial charge in [0.1, 0.15) is 0 Å². The van der Waals surface area contributed by atoms with Crippen LogP contribution in [0.3, 0.4) is 0 Å². The third-order valence-corrected chi connectivity index (χ3v) is 7.62. The van der Waals surface area contributed by atoms with E-state index < -0.39 is 0 Å². The van der Waals surface area contributed by atoms with Gasteiger partial charge in [0.05, 0.1) is 5.69 Å². The van der Waals surface area contributed by atoms with Gasteiger partial charge < -0.3 is 0 Å². The van der Waals surface area contributed by atoms with Crippen molar-refractivity contribution in [2.45, 2.75) is 19.8 Å². The maximum Gasteiger partial charge on any atom is 0.0740 e. The van der Waals surface area contributed by atoms with Crippen LogP contribution in [0.4, 0.5) is 0 Å². The van der Waals surface area contributed by atoms with Gasteiger partial charge in [-0.15, -0.1) is 0 Å². The van der Waals surface area contributed by atoms with Gasteiger partial charge in [-0.05, 0) is 86.8 Å². The fourth-order valence-corrected chi connectivity index (χ4v) is 5.93. The Morgan fingerprint density at radius 3 is 1.95 bits per heavy atom. The highest BCUT2D eigenvalue weighted by molar-refractivity contribution is 6.22. The van der Waals surface area contributed by atoms with Gasteiger partial charge in [-0.3, -0.25) is 4.98 Å². The third kappa shape index (κ3) is 3.67. The van der Waals surface area contributed by atoms with Crippen molar-refractivity contribution in [3.8, 4) is 33.5 Å². The molecule has 1 aromatic heterocycles. The molecule has 6 aromatic rings. The Kier molecular flexibility index (Phi) is 5.22. The lowest BCUT2D eigenvalue weighted by Crippen LogP contribution is -2.00. The van der Waals surface area contributed by atoms with Gasteiger partial charge in [-0.2, -0.15) is 0 Å². The first kappa shape index (κ1) is 21.8. The van der Waals surface area contributed by atoms with E-state index >= 15 is 0 Å². The van der Waals surface area contributed by atoms with Gasteiger partial charge in [-0.1, -0.05) is 109 Å². The van der Waals surface area contributed by atoms with Crippen LogP contribution in [0.2, 0.25) is 0 Å². The molecule has 37 heavy (non-hydrogen) atoms. The summed E-state index contributed by atoms with van der Waals surface area (Å²) in [5.41, 5.74) is 11.3. The van der Waals surface area contributed by atoms with Crippen LogP contribution >= 0.6 is 0 Å². The zero-order valence-electron chi connectivity index (χ0n) is 20.9. The van der Waals surface area contributed by atoms with Crippen LogP contribution in [0.1, 0.15) is 23.1 Å². The first-order valence-corrected chi connectivity index (χ1v) is 13.0. The summed E-state index contributed by atoms with van der Waals surface area (Å²) >= 11 is 0. The molecule has 0 N–H and O–H groups in total. The summed E-state index contributed by atoms with van der Waals surface area (Å²) in [6.45, 7) is 2.18. The van der Waals surface area contributed by atoms with Crippen LogP contribution in [-0.4, -0.2) is 4.98 Å². The van der Waals surface area contributed by atoms with Crippen molar-refractivity contribution in [1.82, 2.24) is 4.98 Å². The summed E-state index contributed by atoms with van der Waals surface area (Å²) in [5.74, 6) is 0. The number of nitrogens with zero attached hydrogens (tertiary/aromatic N) is 1. The van der Waals surface area contributed by atoms with E-state index in [0.29, 0.717) is 0 Å². The largest absolute Gasteiger partial charge is 0.256 e. The van der Waals surface area contributed by atoms with Gasteiger partial charge in [0.2, 0.25) is 0 Å². The minimum absolute atomic E-state index is 1.03. The Labute approximate surface area is 217 Å². The van der Waals surface area contributed by atoms with E-state index in [2.05, 4.69) is 122 Å². The Bertz CT molecular complexity index is 1810. The molecule has 0 bridgehead atoms. The highest BCUT2D eigenvalue weighted by Gasteiger charge is 2.19. The Morgan fingerprint density at radius 2 is 1.24 bits per heavy atom. The molecule has 1 aliphatic carbocycles. The fraction of sp³-hybridized carbons (Fsp3) is 0.0833. The number of fused-ring (bicyclic) bond motifs is 3. The molecule has 0 spiro atoms. The second-order valence-electron chi connectivity index (χ2n) is 9.96. The number of pyridine rings is 1. The minimum Gasteiger partial charge on any atom is -0.256 e. The molecular formula is C36H27N. The monoisotopic (exact) mass is 473 g/mol. The molecule has 1 aliphatic rings. The van der Waals surface area contributed by atoms with Crippen molar-refractivity contribution >= 4 is 27.6 Å². The highest BCUT2D eigenvalue weighted by atomic mass is 14.7. The van der Waals surface area contributed by atoms with Gasteiger partial charge >= 0.3 is 0 Å². The van der Waals surface area contributed by atoms with E-state index in [1.165, 1.54) is 66.1 Å².